The van der Waals surface area contributed by atoms with E-state index in [1.54, 1.807) is 12.1 Å². The van der Waals surface area contributed by atoms with Gasteiger partial charge in [-0.3, -0.25) is 9.59 Å². The van der Waals surface area contributed by atoms with Crippen molar-refractivity contribution in [1.82, 2.24) is 5.32 Å². The van der Waals surface area contributed by atoms with E-state index >= 15 is 0 Å². The molecular weight excluding hydrogens is 404 g/mol. The molecule has 3 aromatic rings. The SMILES string of the molecule is CC(CCc1ccccc1)NC(=O)c1ccc(/C=C2/Sc3ccccc3NC2=O)cc1. The van der Waals surface area contributed by atoms with E-state index in [1.165, 1.54) is 17.3 Å². The number of amides is 2. The normalized spacial score (nSPS) is 15.1. The first-order chi connectivity index (χ1) is 15.1. The lowest BCUT2D eigenvalue weighted by Crippen LogP contribution is -2.32. The molecule has 0 saturated heterocycles. The Hall–Kier alpha value is -3.31. The van der Waals surface area contributed by atoms with Crippen LogP contribution in [0.15, 0.2) is 88.7 Å². The molecule has 5 heteroatoms. The predicted octanol–water partition coefficient (Wildman–Crippen LogP) is 5.52. The zero-order valence-corrected chi connectivity index (χ0v) is 18.1. The molecule has 1 aliphatic rings. The van der Waals surface area contributed by atoms with Crippen molar-refractivity contribution in [2.45, 2.75) is 30.7 Å². The van der Waals surface area contributed by atoms with Crippen LogP contribution in [0.5, 0.6) is 0 Å². The average molecular weight is 429 g/mol. The molecule has 31 heavy (non-hydrogen) atoms. The van der Waals surface area contributed by atoms with Crippen molar-refractivity contribution >= 4 is 35.3 Å². The van der Waals surface area contributed by atoms with Crippen molar-refractivity contribution in [1.29, 1.82) is 0 Å². The second-order valence-corrected chi connectivity index (χ2v) is 8.67. The minimum absolute atomic E-state index is 0.0805. The number of thioether (sulfide) groups is 1. The van der Waals surface area contributed by atoms with E-state index < -0.39 is 0 Å². The summed E-state index contributed by atoms with van der Waals surface area (Å²) in [7, 11) is 0. The molecule has 3 aromatic carbocycles. The first kappa shape index (κ1) is 20.9. The fourth-order valence-corrected chi connectivity index (χ4v) is 4.34. The largest absolute Gasteiger partial charge is 0.350 e. The lowest BCUT2D eigenvalue weighted by molar-refractivity contribution is -0.112. The summed E-state index contributed by atoms with van der Waals surface area (Å²) in [6, 6.07) is 25.4. The molecule has 4 rings (SSSR count). The molecule has 1 atom stereocenters. The summed E-state index contributed by atoms with van der Waals surface area (Å²) in [4.78, 5) is 26.6. The van der Waals surface area contributed by atoms with Gasteiger partial charge >= 0.3 is 0 Å². The van der Waals surface area contributed by atoms with E-state index in [9.17, 15) is 9.59 Å². The highest BCUT2D eigenvalue weighted by Gasteiger charge is 2.20. The summed E-state index contributed by atoms with van der Waals surface area (Å²) in [6.45, 7) is 2.02. The maximum absolute atomic E-state index is 12.6. The third-order valence-corrected chi connectivity index (χ3v) is 6.24. The molecule has 2 N–H and O–H groups in total. The molecule has 4 nitrogen and oxygen atoms in total. The van der Waals surface area contributed by atoms with Crippen LogP contribution in [0.1, 0.15) is 34.8 Å². The molecule has 0 fully saturated rings. The van der Waals surface area contributed by atoms with Crippen LogP contribution in [0, 0.1) is 0 Å². The number of para-hydroxylation sites is 1. The summed E-state index contributed by atoms with van der Waals surface area (Å²) in [6.07, 6.45) is 3.66. The Labute approximate surface area is 186 Å². The molecule has 0 bridgehead atoms. The van der Waals surface area contributed by atoms with E-state index in [-0.39, 0.29) is 17.9 Å². The second-order valence-electron chi connectivity index (χ2n) is 7.58. The number of rotatable bonds is 6. The summed E-state index contributed by atoms with van der Waals surface area (Å²) < 4.78 is 0. The Morgan fingerprint density at radius 2 is 1.71 bits per heavy atom. The van der Waals surface area contributed by atoms with Crippen LogP contribution in [0.4, 0.5) is 5.69 Å². The topological polar surface area (TPSA) is 58.2 Å². The number of fused-ring (bicyclic) bond motifs is 1. The summed E-state index contributed by atoms with van der Waals surface area (Å²) in [5.41, 5.74) is 3.60. The number of aryl methyl sites for hydroxylation is 1. The monoisotopic (exact) mass is 428 g/mol. The van der Waals surface area contributed by atoms with Gasteiger partial charge in [-0.1, -0.05) is 66.4 Å². The van der Waals surface area contributed by atoms with E-state index in [0.29, 0.717) is 10.5 Å². The van der Waals surface area contributed by atoms with E-state index in [4.69, 9.17) is 0 Å². The lowest BCUT2D eigenvalue weighted by atomic mass is 10.1. The zero-order chi connectivity index (χ0) is 21.6. The van der Waals surface area contributed by atoms with Crippen LogP contribution in [0.3, 0.4) is 0 Å². The second kappa shape index (κ2) is 9.67. The van der Waals surface area contributed by atoms with Crippen molar-refractivity contribution in [3.8, 4) is 0 Å². The Morgan fingerprint density at radius 3 is 2.48 bits per heavy atom. The van der Waals surface area contributed by atoms with Gasteiger partial charge in [0.05, 0.1) is 10.6 Å². The molecule has 0 aromatic heterocycles. The fraction of sp³-hybridized carbons (Fsp3) is 0.154. The maximum atomic E-state index is 12.6. The van der Waals surface area contributed by atoms with Crippen molar-refractivity contribution in [3.63, 3.8) is 0 Å². The van der Waals surface area contributed by atoms with Gasteiger partial charge in [0.2, 0.25) is 0 Å². The number of hydrogen-bond donors (Lipinski definition) is 2. The zero-order valence-electron chi connectivity index (χ0n) is 17.3. The van der Waals surface area contributed by atoms with Crippen LogP contribution in [0.25, 0.3) is 6.08 Å². The molecule has 0 radical (unpaired) electrons. The first-order valence-corrected chi connectivity index (χ1v) is 11.1. The van der Waals surface area contributed by atoms with E-state index in [1.807, 2.05) is 67.6 Å². The van der Waals surface area contributed by atoms with Gasteiger partial charge in [0, 0.05) is 16.5 Å². The highest BCUT2D eigenvalue weighted by Crippen LogP contribution is 2.38. The van der Waals surface area contributed by atoms with Crippen molar-refractivity contribution in [3.05, 3.63) is 100 Å². The summed E-state index contributed by atoms with van der Waals surface area (Å²) >= 11 is 1.45. The van der Waals surface area contributed by atoms with Crippen molar-refractivity contribution < 1.29 is 9.59 Å². The number of benzene rings is 3. The molecular formula is C26H24N2O2S. The average Bonchev–Trinajstić information content (AvgIpc) is 2.79. The minimum Gasteiger partial charge on any atom is -0.350 e. The van der Waals surface area contributed by atoms with Gasteiger partial charge in [0.25, 0.3) is 11.8 Å². The lowest BCUT2D eigenvalue weighted by Gasteiger charge is -2.18. The molecule has 0 saturated carbocycles. The number of anilines is 1. The van der Waals surface area contributed by atoms with E-state index in [2.05, 4.69) is 22.8 Å². The highest BCUT2D eigenvalue weighted by atomic mass is 32.2. The minimum atomic E-state index is -0.113. The van der Waals surface area contributed by atoms with Gasteiger partial charge in [-0.05, 0) is 61.2 Å². The number of carbonyl (C=O) groups excluding carboxylic acids is 2. The Bertz CT molecular complexity index is 1110. The van der Waals surface area contributed by atoms with Crippen LogP contribution < -0.4 is 10.6 Å². The Balaban J connectivity index is 1.36. The Morgan fingerprint density at radius 1 is 1.00 bits per heavy atom. The van der Waals surface area contributed by atoms with Crippen LogP contribution in [0.2, 0.25) is 0 Å². The fourth-order valence-electron chi connectivity index (χ4n) is 3.39. The number of hydrogen-bond acceptors (Lipinski definition) is 3. The predicted molar refractivity (Wildman–Crippen MR) is 127 cm³/mol. The number of nitrogens with one attached hydrogen (secondary N) is 2. The molecule has 1 unspecified atom stereocenters. The van der Waals surface area contributed by atoms with E-state index in [0.717, 1.165) is 29.0 Å². The standard InChI is InChI=1S/C26H24N2O2S/c1-18(11-12-19-7-3-2-4-8-19)27-25(29)21-15-13-20(14-16-21)17-24-26(30)28-22-9-5-6-10-23(22)31-24/h2-10,13-18H,11-12H2,1H3,(H,27,29)(H,28,30)/b24-17+. The number of carbonyl (C=O) groups is 2. The summed E-state index contributed by atoms with van der Waals surface area (Å²) in [5, 5.41) is 5.98. The van der Waals surface area contributed by atoms with Gasteiger partial charge in [0.1, 0.15) is 0 Å². The molecule has 0 spiro atoms. The van der Waals surface area contributed by atoms with Gasteiger partial charge in [-0.25, -0.2) is 0 Å². The maximum Gasteiger partial charge on any atom is 0.262 e. The first-order valence-electron chi connectivity index (χ1n) is 10.3. The molecule has 1 aliphatic heterocycles. The van der Waals surface area contributed by atoms with Gasteiger partial charge in [-0.2, -0.15) is 0 Å². The highest BCUT2D eigenvalue weighted by molar-refractivity contribution is 8.04. The molecule has 156 valence electrons. The third kappa shape index (κ3) is 5.44. The summed E-state index contributed by atoms with van der Waals surface area (Å²) in [5.74, 6) is -0.198. The van der Waals surface area contributed by atoms with Crippen LogP contribution >= 0.6 is 11.8 Å². The smallest absolute Gasteiger partial charge is 0.262 e. The molecule has 0 aliphatic carbocycles. The molecule has 2 amide bonds. The van der Waals surface area contributed by atoms with Gasteiger partial charge < -0.3 is 10.6 Å². The Kier molecular flexibility index (Phi) is 6.53. The third-order valence-electron chi connectivity index (χ3n) is 5.14. The van der Waals surface area contributed by atoms with Crippen molar-refractivity contribution in [2.75, 3.05) is 5.32 Å². The van der Waals surface area contributed by atoms with Crippen molar-refractivity contribution in [2.24, 2.45) is 0 Å². The quantitative estimate of drug-likeness (QED) is 0.508. The van der Waals surface area contributed by atoms with Crippen LogP contribution in [-0.4, -0.2) is 17.9 Å². The van der Waals surface area contributed by atoms with Crippen LogP contribution in [-0.2, 0) is 11.2 Å². The molecule has 1 heterocycles. The van der Waals surface area contributed by atoms with Gasteiger partial charge in [0.15, 0.2) is 0 Å². The van der Waals surface area contributed by atoms with Gasteiger partial charge in [-0.15, -0.1) is 0 Å².